The van der Waals surface area contributed by atoms with Gasteiger partial charge in [0.2, 0.25) is 0 Å². The fourth-order valence-corrected chi connectivity index (χ4v) is 1.27. The monoisotopic (exact) mass is 122 g/mol. The zero-order chi connectivity index (χ0) is 6.10. The first-order chi connectivity index (χ1) is 4.47. The standard InChI is InChI=1S/C7H10N2/c1-2-6-9-7(3-1)4-5-8-9/h4,8H,1-2,5-6H2. The van der Waals surface area contributed by atoms with E-state index in [2.05, 4.69) is 22.9 Å². The van der Waals surface area contributed by atoms with Crippen LogP contribution in [-0.4, -0.2) is 18.1 Å². The molecule has 2 aliphatic rings. The van der Waals surface area contributed by atoms with Crippen LogP contribution in [0.4, 0.5) is 0 Å². The summed E-state index contributed by atoms with van der Waals surface area (Å²) in [5.74, 6) is 0. The SMILES string of the molecule is [C]1CCCN2NCC=C12. The van der Waals surface area contributed by atoms with Crippen molar-refractivity contribution in [3.05, 3.63) is 18.2 Å². The van der Waals surface area contributed by atoms with Crippen LogP contribution in [0.3, 0.4) is 0 Å². The number of hydrogen-bond acceptors (Lipinski definition) is 2. The largest absolute Gasteiger partial charge is 0.312 e. The molecule has 0 aromatic rings. The molecule has 2 heterocycles. The molecule has 0 amide bonds. The van der Waals surface area contributed by atoms with Gasteiger partial charge in [0.1, 0.15) is 0 Å². The number of piperidine rings is 1. The normalized spacial score (nSPS) is 25.8. The molecule has 0 atom stereocenters. The lowest BCUT2D eigenvalue weighted by Crippen LogP contribution is -2.35. The zero-order valence-electron chi connectivity index (χ0n) is 5.35. The van der Waals surface area contributed by atoms with Crippen molar-refractivity contribution >= 4 is 0 Å². The maximum absolute atomic E-state index is 3.31. The summed E-state index contributed by atoms with van der Waals surface area (Å²) in [4.78, 5) is 0. The molecule has 2 rings (SSSR count). The minimum atomic E-state index is 0.988. The third kappa shape index (κ3) is 0.833. The summed E-state index contributed by atoms with van der Waals surface area (Å²) in [5, 5.41) is 2.17. The minimum Gasteiger partial charge on any atom is -0.312 e. The molecule has 0 bridgehead atoms. The smallest absolute Gasteiger partial charge is 0.0356 e. The van der Waals surface area contributed by atoms with E-state index in [4.69, 9.17) is 0 Å². The van der Waals surface area contributed by atoms with E-state index in [9.17, 15) is 0 Å². The number of rotatable bonds is 0. The minimum absolute atomic E-state index is 0.988. The van der Waals surface area contributed by atoms with Crippen molar-refractivity contribution in [2.75, 3.05) is 13.1 Å². The fourth-order valence-electron chi connectivity index (χ4n) is 1.27. The van der Waals surface area contributed by atoms with Crippen LogP contribution in [0.1, 0.15) is 12.8 Å². The molecule has 0 unspecified atom stereocenters. The molecule has 0 aromatic carbocycles. The third-order valence-electron chi connectivity index (χ3n) is 1.73. The first kappa shape index (κ1) is 5.30. The van der Waals surface area contributed by atoms with Crippen molar-refractivity contribution in [2.45, 2.75) is 12.8 Å². The second-order valence-electron chi connectivity index (χ2n) is 2.38. The summed E-state index contributed by atoms with van der Waals surface area (Å²) in [6.45, 7) is 2.14. The summed E-state index contributed by atoms with van der Waals surface area (Å²) in [5.41, 5.74) is 4.50. The van der Waals surface area contributed by atoms with E-state index < -0.39 is 0 Å². The van der Waals surface area contributed by atoms with Crippen LogP contribution in [0, 0.1) is 6.42 Å². The number of nitrogens with one attached hydrogen (secondary N) is 1. The molecule has 0 saturated carbocycles. The van der Waals surface area contributed by atoms with Gasteiger partial charge in [-0.05, 0) is 18.9 Å². The van der Waals surface area contributed by atoms with Crippen LogP contribution in [0.15, 0.2) is 11.8 Å². The van der Waals surface area contributed by atoms with Gasteiger partial charge in [0.25, 0.3) is 0 Å². The highest BCUT2D eigenvalue weighted by Gasteiger charge is 2.17. The van der Waals surface area contributed by atoms with E-state index in [1.165, 1.54) is 12.1 Å². The molecule has 0 aromatic heterocycles. The highest BCUT2D eigenvalue weighted by atomic mass is 15.5. The van der Waals surface area contributed by atoms with Gasteiger partial charge in [-0.25, -0.2) is 5.43 Å². The van der Waals surface area contributed by atoms with Gasteiger partial charge in [-0.1, -0.05) is 0 Å². The molecule has 0 aliphatic carbocycles. The average molecular weight is 122 g/mol. The van der Waals surface area contributed by atoms with Crippen LogP contribution < -0.4 is 5.43 Å². The van der Waals surface area contributed by atoms with Gasteiger partial charge in [-0.15, -0.1) is 0 Å². The maximum Gasteiger partial charge on any atom is 0.0356 e. The van der Waals surface area contributed by atoms with E-state index in [-0.39, 0.29) is 0 Å². The van der Waals surface area contributed by atoms with Gasteiger partial charge in [-0.3, -0.25) is 0 Å². The Bertz CT molecular complexity index is 140. The Kier molecular flexibility index (Phi) is 1.19. The van der Waals surface area contributed by atoms with E-state index in [0.29, 0.717) is 0 Å². The molecule has 2 nitrogen and oxygen atoms in total. The van der Waals surface area contributed by atoms with Gasteiger partial charge >= 0.3 is 0 Å². The third-order valence-corrected chi connectivity index (χ3v) is 1.73. The number of fused-ring (bicyclic) bond motifs is 1. The summed E-state index contributed by atoms with van der Waals surface area (Å²) in [6.07, 6.45) is 7.85. The number of nitrogens with zero attached hydrogens (tertiary/aromatic N) is 1. The van der Waals surface area contributed by atoms with Gasteiger partial charge in [-0.2, -0.15) is 0 Å². The van der Waals surface area contributed by atoms with E-state index in [0.717, 1.165) is 19.5 Å². The Morgan fingerprint density at radius 2 is 2.67 bits per heavy atom. The molecule has 1 saturated heterocycles. The summed E-state index contributed by atoms with van der Waals surface area (Å²) < 4.78 is 0. The summed E-state index contributed by atoms with van der Waals surface area (Å²) in [6, 6.07) is 0. The molecule has 0 spiro atoms. The van der Waals surface area contributed by atoms with Crippen molar-refractivity contribution < 1.29 is 0 Å². The lowest BCUT2D eigenvalue weighted by Gasteiger charge is -2.25. The second kappa shape index (κ2) is 2.03. The highest BCUT2D eigenvalue weighted by Crippen LogP contribution is 2.19. The predicted octanol–water partition coefficient (Wildman–Crippen LogP) is 0.566. The molecular formula is C7H10N2. The topological polar surface area (TPSA) is 15.3 Å². The molecule has 2 heteroatoms. The maximum atomic E-state index is 3.31. The summed E-state index contributed by atoms with van der Waals surface area (Å²) in [7, 11) is 0. The fraction of sp³-hybridized carbons (Fsp3) is 0.571. The molecule has 9 heavy (non-hydrogen) atoms. The van der Waals surface area contributed by atoms with Crippen molar-refractivity contribution in [3.8, 4) is 0 Å². The van der Waals surface area contributed by atoms with E-state index >= 15 is 0 Å². The first-order valence-corrected chi connectivity index (χ1v) is 3.42. The Balaban J connectivity index is 2.09. The second-order valence-corrected chi connectivity index (χ2v) is 2.38. The Labute approximate surface area is 55.5 Å². The number of hydrazine groups is 1. The average Bonchev–Trinajstić information content (AvgIpc) is 2.33. The first-order valence-electron chi connectivity index (χ1n) is 3.42. The van der Waals surface area contributed by atoms with Crippen LogP contribution in [0.25, 0.3) is 0 Å². The number of hydrogen-bond donors (Lipinski definition) is 1. The quantitative estimate of drug-likeness (QED) is 0.505. The van der Waals surface area contributed by atoms with Gasteiger partial charge in [0.15, 0.2) is 0 Å². The van der Waals surface area contributed by atoms with E-state index in [1.807, 2.05) is 0 Å². The zero-order valence-corrected chi connectivity index (χ0v) is 5.35. The Hall–Kier alpha value is -0.500. The molecular weight excluding hydrogens is 112 g/mol. The van der Waals surface area contributed by atoms with Crippen LogP contribution in [0.5, 0.6) is 0 Å². The Morgan fingerprint density at radius 3 is 3.56 bits per heavy atom. The van der Waals surface area contributed by atoms with Crippen LogP contribution >= 0.6 is 0 Å². The lowest BCUT2D eigenvalue weighted by molar-refractivity contribution is 0.262. The predicted molar refractivity (Wildman–Crippen MR) is 35.3 cm³/mol. The van der Waals surface area contributed by atoms with Gasteiger partial charge < -0.3 is 5.01 Å². The van der Waals surface area contributed by atoms with Crippen molar-refractivity contribution in [1.82, 2.24) is 10.4 Å². The van der Waals surface area contributed by atoms with Gasteiger partial charge in [0, 0.05) is 25.2 Å². The molecule has 48 valence electrons. The Morgan fingerprint density at radius 1 is 1.67 bits per heavy atom. The van der Waals surface area contributed by atoms with E-state index in [1.54, 1.807) is 0 Å². The molecule has 1 fully saturated rings. The highest BCUT2D eigenvalue weighted by molar-refractivity contribution is 5.17. The van der Waals surface area contributed by atoms with Crippen molar-refractivity contribution in [2.24, 2.45) is 0 Å². The molecule has 2 aliphatic heterocycles. The molecule has 2 radical (unpaired) electrons. The van der Waals surface area contributed by atoms with Crippen LogP contribution in [-0.2, 0) is 0 Å². The van der Waals surface area contributed by atoms with Crippen molar-refractivity contribution in [1.29, 1.82) is 0 Å². The summed E-state index contributed by atoms with van der Waals surface area (Å²) >= 11 is 0. The lowest BCUT2D eigenvalue weighted by atomic mass is 10.1. The number of allylic oxidation sites excluding steroid dienone is 1. The van der Waals surface area contributed by atoms with Crippen molar-refractivity contribution in [3.63, 3.8) is 0 Å². The van der Waals surface area contributed by atoms with Gasteiger partial charge in [0.05, 0.1) is 0 Å². The molecule has 1 N–H and O–H groups in total. The van der Waals surface area contributed by atoms with Crippen LogP contribution in [0.2, 0.25) is 0 Å².